The first-order chi connectivity index (χ1) is 19.9. The predicted molar refractivity (Wildman–Crippen MR) is 159 cm³/mol. The van der Waals surface area contributed by atoms with Crippen molar-refractivity contribution in [2.45, 2.75) is 78.1 Å². The molecule has 2 aromatic rings. The molecule has 1 saturated heterocycles. The number of nitrogens with zero attached hydrogens (tertiary/aromatic N) is 6. The first-order valence-corrected chi connectivity index (χ1v) is 14.4. The Balaban J connectivity index is 0.000000675. The van der Waals surface area contributed by atoms with Crippen LogP contribution in [0.3, 0.4) is 0 Å². The maximum Gasteiger partial charge on any atom is 0.332 e. The third-order valence-electron chi connectivity index (χ3n) is 6.82. The van der Waals surface area contributed by atoms with Gasteiger partial charge >= 0.3 is 17.6 Å². The largest absolute Gasteiger partial charge is 0.478 e. The van der Waals surface area contributed by atoms with Crippen molar-refractivity contribution in [2.24, 2.45) is 0 Å². The second kappa shape index (κ2) is 16.6. The van der Waals surface area contributed by atoms with Crippen LogP contribution in [-0.2, 0) is 29.2 Å². The number of carboxylic acids is 2. The third kappa shape index (κ3) is 10.6. The molecule has 1 fully saturated rings. The van der Waals surface area contributed by atoms with Crippen LogP contribution >= 0.6 is 0 Å². The van der Waals surface area contributed by atoms with E-state index in [1.165, 1.54) is 4.57 Å². The molecule has 0 aromatic carbocycles. The summed E-state index contributed by atoms with van der Waals surface area (Å²) in [6.45, 7) is 12.1. The van der Waals surface area contributed by atoms with E-state index in [0.717, 1.165) is 39.0 Å². The van der Waals surface area contributed by atoms with Gasteiger partial charge in [0.05, 0.1) is 12.9 Å². The van der Waals surface area contributed by atoms with Gasteiger partial charge in [-0.15, -0.1) is 0 Å². The Kier molecular flexibility index (Phi) is 13.7. The van der Waals surface area contributed by atoms with Gasteiger partial charge in [-0.25, -0.2) is 19.4 Å². The third-order valence-corrected chi connectivity index (χ3v) is 6.82. The predicted octanol–water partition coefficient (Wildman–Crippen LogP) is 1.06. The smallest absolute Gasteiger partial charge is 0.332 e. The summed E-state index contributed by atoms with van der Waals surface area (Å²) in [6, 6.07) is 0. The van der Waals surface area contributed by atoms with E-state index in [-0.39, 0.29) is 11.2 Å². The minimum absolute atomic E-state index is 0.281. The number of unbranched alkanes of at least 4 members (excludes halogenated alkanes) is 1. The number of imidazole rings is 1. The van der Waals surface area contributed by atoms with E-state index in [0.29, 0.717) is 68.8 Å². The zero-order valence-electron chi connectivity index (χ0n) is 25.1. The topological polar surface area (TPSA) is 163 Å². The molecule has 42 heavy (non-hydrogen) atoms. The molecule has 0 aliphatic carbocycles. The summed E-state index contributed by atoms with van der Waals surface area (Å²) in [5.41, 5.74) is -0.697. The molecule has 0 bridgehead atoms. The SMILES string of the molecule is CCCn1cnc2c1c(=O)n(CCCCC(C)(O)C#CCN1CCN(C)CC1)c(=O)n2CCC.O=C(O)/C=C/C(=O)O. The number of fused-ring (bicyclic) bond motifs is 1. The second-order valence-corrected chi connectivity index (χ2v) is 10.6. The van der Waals surface area contributed by atoms with Gasteiger partial charge < -0.3 is 24.8 Å². The number of aryl methyl sites for hydroxylation is 2. The molecule has 1 aliphatic heterocycles. The fourth-order valence-corrected chi connectivity index (χ4v) is 4.56. The monoisotopic (exact) mass is 588 g/mol. The molecule has 1 aliphatic rings. The molecule has 1 unspecified atom stereocenters. The summed E-state index contributed by atoms with van der Waals surface area (Å²) in [5.74, 6) is 3.63. The molecular formula is C29H44N6O7. The lowest BCUT2D eigenvalue weighted by atomic mass is 9.99. The number of aliphatic carboxylic acids is 2. The van der Waals surface area contributed by atoms with Gasteiger partial charge in [-0.05, 0) is 46.1 Å². The van der Waals surface area contributed by atoms with Crippen LogP contribution in [0.5, 0.6) is 0 Å². The number of rotatable bonds is 12. The average Bonchev–Trinajstić information content (AvgIpc) is 3.34. The van der Waals surface area contributed by atoms with Crippen molar-refractivity contribution < 1.29 is 24.9 Å². The Hall–Kier alpha value is -3.73. The second-order valence-electron chi connectivity index (χ2n) is 10.6. The fourth-order valence-electron chi connectivity index (χ4n) is 4.56. The number of carbonyl (C=O) groups is 2. The number of aromatic nitrogens is 4. The summed E-state index contributed by atoms with van der Waals surface area (Å²) in [4.78, 5) is 54.3. The summed E-state index contributed by atoms with van der Waals surface area (Å²) in [7, 11) is 2.12. The molecule has 0 radical (unpaired) electrons. The normalized spacial score (nSPS) is 15.5. The number of piperazine rings is 1. The van der Waals surface area contributed by atoms with Gasteiger partial charge in [-0.1, -0.05) is 25.7 Å². The van der Waals surface area contributed by atoms with Crippen molar-refractivity contribution in [1.82, 2.24) is 28.5 Å². The zero-order chi connectivity index (χ0) is 31.3. The number of hydrogen-bond acceptors (Lipinski definition) is 8. The molecule has 232 valence electrons. The highest BCUT2D eigenvalue weighted by molar-refractivity contribution is 5.89. The number of aliphatic hydroxyl groups is 1. The van der Waals surface area contributed by atoms with Crippen LogP contribution in [0.2, 0.25) is 0 Å². The van der Waals surface area contributed by atoms with E-state index in [9.17, 15) is 24.3 Å². The number of carboxylic acid groups (broad SMARTS) is 2. The van der Waals surface area contributed by atoms with Crippen LogP contribution in [-0.4, -0.2) is 101 Å². The Bertz CT molecular complexity index is 1390. The molecule has 13 heteroatoms. The van der Waals surface area contributed by atoms with Crippen molar-refractivity contribution in [3.8, 4) is 11.8 Å². The molecule has 0 saturated carbocycles. The van der Waals surface area contributed by atoms with Crippen LogP contribution in [0.25, 0.3) is 11.2 Å². The first kappa shape index (κ1) is 34.5. The Labute approximate surface area is 245 Å². The maximum atomic E-state index is 13.2. The molecule has 2 aromatic heterocycles. The molecule has 0 spiro atoms. The van der Waals surface area contributed by atoms with E-state index in [1.54, 1.807) is 17.8 Å². The van der Waals surface area contributed by atoms with Gasteiger partial charge in [-0.3, -0.25) is 18.8 Å². The fraction of sp³-hybridized carbons (Fsp3) is 0.621. The van der Waals surface area contributed by atoms with Gasteiger partial charge in [-0.2, -0.15) is 0 Å². The zero-order valence-corrected chi connectivity index (χ0v) is 25.1. The van der Waals surface area contributed by atoms with Gasteiger partial charge in [0.2, 0.25) is 0 Å². The van der Waals surface area contributed by atoms with E-state index in [4.69, 9.17) is 10.2 Å². The lowest BCUT2D eigenvalue weighted by molar-refractivity contribution is -0.134. The highest BCUT2D eigenvalue weighted by Crippen LogP contribution is 2.13. The Morgan fingerprint density at radius 1 is 0.976 bits per heavy atom. The van der Waals surface area contributed by atoms with Crippen LogP contribution in [0.4, 0.5) is 0 Å². The Morgan fingerprint density at radius 3 is 2.17 bits per heavy atom. The molecule has 1 atom stereocenters. The molecule has 13 nitrogen and oxygen atoms in total. The molecule has 3 N–H and O–H groups in total. The first-order valence-electron chi connectivity index (χ1n) is 14.4. The summed E-state index contributed by atoms with van der Waals surface area (Å²) in [6.07, 6.45) is 6.21. The standard InChI is InChI=1S/C25H40N6O3.C4H4O4/c1-5-12-29-20-26-22-21(29)23(32)31(24(33)30(22)13-6-2)15-8-7-10-25(3,34)11-9-14-28-18-16-27(4)17-19-28;5-3(6)1-2-4(7)8/h20,34H,5-8,10,12-19H2,1-4H3;1-2H,(H,5,6)(H,7,8)/b;2-1+. The van der Waals surface area contributed by atoms with Gasteiger partial charge in [0.1, 0.15) is 5.60 Å². The van der Waals surface area contributed by atoms with Crippen LogP contribution < -0.4 is 11.2 Å². The maximum absolute atomic E-state index is 13.2. The van der Waals surface area contributed by atoms with E-state index in [1.807, 2.05) is 18.4 Å². The van der Waals surface area contributed by atoms with Crippen molar-refractivity contribution >= 4 is 23.1 Å². The van der Waals surface area contributed by atoms with Crippen molar-refractivity contribution in [1.29, 1.82) is 0 Å². The quantitative estimate of drug-likeness (QED) is 0.186. The van der Waals surface area contributed by atoms with Gasteiger partial charge in [0, 0.05) is 58.0 Å². The summed E-state index contributed by atoms with van der Waals surface area (Å²) >= 11 is 0. The van der Waals surface area contributed by atoms with E-state index in [2.05, 4.69) is 33.7 Å². The number of likely N-dealkylation sites (N-methyl/N-ethyl adjacent to an activating group) is 1. The minimum atomic E-state index is -1.26. The highest BCUT2D eigenvalue weighted by atomic mass is 16.4. The average molecular weight is 589 g/mol. The van der Waals surface area contributed by atoms with Crippen molar-refractivity contribution in [2.75, 3.05) is 39.8 Å². The van der Waals surface area contributed by atoms with Crippen LogP contribution in [0, 0.1) is 11.8 Å². The van der Waals surface area contributed by atoms with Crippen LogP contribution in [0.1, 0.15) is 52.9 Å². The van der Waals surface area contributed by atoms with Gasteiger partial charge in [0.25, 0.3) is 5.56 Å². The van der Waals surface area contributed by atoms with Crippen LogP contribution in [0.15, 0.2) is 28.1 Å². The summed E-state index contributed by atoms with van der Waals surface area (Å²) in [5, 5.41) is 26.3. The summed E-state index contributed by atoms with van der Waals surface area (Å²) < 4.78 is 4.79. The Morgan fingerprint density at radius 2 is 1.60 bits per heavy atom. The molecule has 0 amide bonds. The lowest BCUT2D eigenvalue weighted by Crippen LogP contribution is -2.44. The van der Waals surface area contributed by atoms with E-state index < -0.39 is 17.5 Å². The molecule has 3 heterocycles. The van der Waals surface area contributed by atoms with Gasteiger partial charge in [0.15, 0.2) is 11.2 Å². The van der Waals surface area contributed by atoms with Crippen molar-refractivity contribution in [3.05, 3.63) is 39.3 Å². The molecule has 3 rings (SSSR count). The van der Waals surface area contributed by atoms with Crippen molar-refractivity contribution in [3.63, 3.8) is 0 Å². The minimum Gasteiger partial charge on any atom is -0.478 e. The molecular weight excluding hydrogens is 544 g/mol. The lowest BCUT2D eigenvalue weighted by Gasteiger charge is -2.30. The number of hydrogen-bond donors (Lipinski definition) is 3. The van der Waals surface area contributed by atoms with E-state index >= 15 is 0 Å². The highest BCUT2D eigenvalue weighted by Gasteiger charge is 2.19.